The van der Waals surface area contributed by atoms with Crippen LogP contribution in [0.15, 0.2) is 48.5 Å². The topological polar surface area (TPSA) is 26.0 Å². The molecule has 0 aliphatic carbocycles. The summed E-state index contributed by atoms with van der Waals surface area (Å²) < 4.78 is 1.25. The second-order valence-electron chi connectivity index (χ2n) is 3.34. The zero-order valence-corrected chi connectivity index (χ0v) is 10.4. The highest BCUT2D eigenvalue weighted by molar-refractivity contribution is 14.1. The van der Waals surface area contributed by atoms with Gasteiger partial charge in [-0.25, -0.2) is 0 Å². The molecular weight excluding hydrogens is 297 g/mol. The van der Waals surface area contributed by atoms with Crippen molar-refractivity contribution in [2.75, 3.05) is 0 Å². The van der Waals surface area contributed by atoms with E-state index in [4.69, 9.17) is 5.73 Å². The first-order chi connectivity index (χ1) is 7.33. The molecule has 76 valence electrons. The monoisotopic (exact) mass is 309 g/mol. The molecule has 2 aromatic carbocycles. The van der Waals surface area contributed by atoms with Gasteiger partial charge in [-0.3, -0.25) is 0 Å². The van der Waals surface area contributed by atoms with Crippen LogP contribution in [0.5, 0.6) is 0 Å². The van der Waals surface area contributed by atoms with E-state index < -0.39 is 0 Å². The van der Waals surface area contributed by atoms with Crippen LogP contribution < -0.4 is 5.73 Å². The van der Waals surface area contributed by atoms with Gasteiger partial charge in [0.15, 0.2) is 0 Å². The van der Waals surface area contributed by atoms with Crippen molar-refractivity contribution >= 4 is 22.6 Å². The SMILES string of the molecule is NCc1cccc(I)c1-c1ccccc1. The fraction of sp³-hybridized carbons (Fsp3) is 0.0769. The van der Waals surface area contributed by atoms with E-state index in [1.807, 2.05) is 6.07 Å². The first-order valence-corrected chi connectivity index (χ1v) is 5.93. The van der Waals surface area contributed by atoms with Crippen molar-refractivity contribution in [3.05, 3.63) is 57.7 Å². The lowest BCUT2D eigenvalue weighted by molar-refractivity contribution is 1.07. The molecule has 0 fully saturated rings. The molecule has 1 nitrogen and oxygen atoms in total. The van der Waals surface area contributed by atoms with Crippen molar-refractivity contribution in [2.24, 2.45) is 5.73 Å². The van der Waals surface area contributed by atoms with E-state index >= 15 is 0 Å². The Morgan fingerprint density at radius 1 is 0.933 bits per heavy atom. The summed E-state index contributed by atoms with van der Waals surface area (Å²) in [6.07, 6.45) is 0. The van der Waals surface area contributed by atoms with Crippen molar-refractivity contribution in [3.8, 4) is 11.1 Å². The standard InChI is InChI=1S/C13H12IN/c14-12-8-4-7-11(9-15)13(12)10-5-2-1-3-6-10/h1-8H,9,15H2. The predicted molar refractivity (Wildman–Crippen MR) is 72.5 cm³/mol. The van der Waals surface area contributed by atoms with Gasteiger partial charge in [0.1, 0.15) is 0 Å². The highest BCUT2D eigenvalue weighted by atomic mass is 127. The molecule has 0 aromatic heterocycles. The normalized spacial score (nSPS) is 10.3. The minimum absolute atomic E-state index is 0.584. The molecule has 0 radical (unpaired) electrons. The summed E-state index contributed by atoms with van der Waals surface area (Å²) in [7, 11) is 0. The van der Waals surface area contributed by atoms with Crippen LogP contribution in [0.25, 0.3) is 11.1 Å². The highest BCUT2D eigenvalue weighted by Gasteiger charge is 2.06. The Labute approximate surface area is 103 Å². The minimum Gasteiger partial charge on any atom is -0.326 e. The quantitative estimate of drug-likeness (QED) is 0.845. The molecule has 0 saturated heterocycles. The third kappa shape index (κ3) is 2.21. The Kier molecular flexibility index (Phi) is 3.38. The molecule has 0 aliphatic rings. The maximum atomic E-state index is 5.75. The zero-order chi connectivity index (χ0) is 10.7. The predicted octanol–water partition coefficient (Wildman–Crippen LogP) is 3.42. The van der Waals surface area contributed by atoms with Crippen LogP contribution in [0.2, 0.25) is 0 Å². The molecule has 0 bridgehead atoms. The van der Waals surface area contributed by atoms with Gasteiger partial charge in [0, 0.05) is 10.1 Å². The summed E-state index contributed by atoms with van der Waals surface area (Å²) in [5.74, 6) is 0. The van der Waals surface area contributed by atoms with Gasteiger partial charge in [-0.2, -0.15) is 0 Å². The van der Waals surface area contributed by atoms with E-state index in [2.05, 4.69) is 65.1 Å². The van der Waals surface area contributed by atoms with Gasteiger partial charge in [-0.05, 0) is 45.3 Å². The Morgan fingerprint density at radius 2 is 1.67 bits per heavy atom. The molecule has 0 spiro atoms. The zero-order valence-electron chi connectivity index (χ0n) is 8.28. The van der Waals surface area contributed by atoms with Crippen molar-refractivity contribution in [3.63, 3.8) is 0 Å². The maximum absolute atomic E-state index is 5.75. The Morgan fingerprint density at radius 3 is 2.33 bits per heavy atom. The van der Waals surface area contributed by atoms with E-state index in [1.165, 1.54) is 20.3 Å². The number of hydrogen-bond acceptors (Lipinski definition) is 1. The smallest absolute Gasteiger partial charge is 0.0212 e. The summed E-state index contributed by atoms with van der Waals surface area (Å²) in [6, 6.07) is 16.6. The summed E-state index contributed by atoms with van der Waals surface area (Å²) in [5.41, 5.74) is 9.46. The summed E-state index contributed by atoms with van der Waals surface area (Å²) in [4.78, 5) is 0. The van der Waals surface area contributed by atoms with Gasteiger partial charge in [0.2, 0.25) is 0 Å². The van der Waals surface area contributed by atoms with E-state index in [0.717, 1.165) is 0 Å². The minimum atomic E-state index is 0.584. The first-order valence-electron chi connectivity index (χ1n) is 4.86. The maximum Gasteiger partial charge on any atom is 0.0212 e. The van der Waals surface area contributed by atoms with Crippen LogP contribution in [0, 0.1) is 3.57 Å². The lowest BCUT2D eigenvalue weighted by atomic mass is 10.00. The van der Waals surface area contributed by atoms with Crippen LogP contribution in [0.4, 0.5) is 0 Å². The molecule has 0 unspecified atom stereocenters. The Hall–Kier alpha value is -0.870. The van der Waals surface area contributed by atoms with E-state index in [0.29, 0.717) is 6.54 Å². The van der Waals surface area contributed by atoms with Gasteiger partial charge in [-0.15, -0.1) is 0 Å². The number of rotatable bonds is 2. The van der Waals surface area contributed by atoms with E-state index in [1.54, 1.807) is 0 Å². The van der Waals surface area contributed by atoms with E-state index in [-0.39, 0.29) is 0 Å². The summed E-state index contributed by atoms with van der Waals surface area (Å²) >= 11 is 2.36. The molecule has 2 aromatic rings. The highest BCUT2D eigenvalue weighted by Crippen LogP contribution is 2.28. The molecule has 15 heavy (non-hydrogen) atoms. The molecule has 0 amide bonds. The van der Waals surface area contributed by atoms with Crippen LogP contribution in [-0.4, -0.2) is 0 Å². The van der Waals surface area contributed by atoms with Crippen molar-refractivity contribution in [1.82, 2.24) is 0 Å². The molecular formula is C13H12IN. The fourth-order valence-electron chi connectivity index (χ4n) is 1.67. The number of hydrogen-bond donors (Lipinski definition) is 1. The molecule has 0 aliphatic heterocycles. The number of benzene rings is 2. The number of nitrogens with two attached hydrogens (primary N) is 1. The average molecular weight is 309 g/mol. The van der Waals surface area contributed by atoms with Gasteiger partial charge in [0.25, 0.3) is 0 Å². The van der Waals surface area contributed by atoms with Crippen molar-refractivity contribution in [1.29, 1.82) is 0 Å². The molecule has 2 rings (SSSR count). The van der Waals surface area contributed by atoms with Crippen molar-refractivity contribution in [2.45, 2.75) is 6.54 Å². The Balaban J connectivity index is 2.61. The molecule has 0 atom stereocenters. The van der Waals surface area contributed by atoms with Crippen LogP contribution in [0.3, 0.4) is 0 Å². The second-order valence-corrected chi connectivity index (χ2v) is 4.51. The lowest BCUT2D eigenvalue weighted by Crippen LogP contribution is -2.00. The third-order valence-electron chi connectivity index (χ3n) is 2.38. The van der Waals surface area contributed by atoms with Crippen molar-refractivity contribution < 1.29 is 0 Å². The first kappa shape index (κ1) is 10.6. The van der Waals surface area contributed by atoms with E-state index in [9.17, 15) is 0 Å². The molecule has 2 N–H and O–H groups in total. The lowest BCUT2D eigenvalue weighted by Gasteiger charge is -2.10. The van der Waals surface area contributed by atoms with Gasteiger partial charge < -0.3 is 5.73 Å². The van der Waals surface area contributed by atoms with Crippen LogP contribution in [-0.2, 0) is 6.54 Å². The van der Waals surface area contributed by atoms with Crippen LogP contribution in [0.1, 0.15) is 5.56 Å². The summed E-state index contributed by atoms with van der Waals surface area (Å²) in [5, 5.41) is 0. The molecule has 2 heteroatoms. The molecule has 0 saturated carbocycles. The fourth-order valence-corrected chi connectivity index (χ4v) is 2.53. The average Bonchev–Trinajstić information content (AvgIpc) is 2.29. The third-order valence-corrected chi connectivity index (χ3v) is 3.28. The van der Waals surface area contributed by atoms with Gasteiger partial charge >= 0.3 is 0 Å². The second kappa shape index (κ2) is 4.77. The molecule has 0 heterocycles. The Bertz CT molecular complexity index is 451. The van der Waals surface area contributed by atoms with Gasteiger partial charge in [0.05, 0.1) is 0 Å². The number of halogens is 1. The largest absolute Gasteiger partial charge is 0.326 e. The van der Waals surface area contributed by atoms with Crippen LogP contribution >= 0.6 is 22.6 Å². The summed E-state index contributed by atoms with van der Waals surface area (Å²) in [6.45, 7) is 0.584. The van der Waals surface area contributed by atoms with Gasteiger partial charge in [-0.1, -0.05) is 42.5 Å².